The summed E-state index contributed by atoms with van der Waals surface area (Å²) in [6.07, 6.45) is 5.81. The van der Waals surface area contributed by atoms with Crippen LogP contribution < -0.4 is 0 Å². The molecule has 3 aromatic rings. The molecule has 1 atom stereocenters. The van der Waals surface area contributed by atoms with Crippen molar-refractivity contribution in [2.45, 2.75) is 32.9 Å². The maximum absolute atomic E-state index is 13.3. The number of piperazine rings is 1. The van der Waals surface area contributed by atoms with E-state index in [0.717, 1.165) is 31.1 Å². The molecule has 156 valence electrons. The second-order valence-electron chi connectivity index (χ2n) is 8.27. The van der Waals surface area contributed by atoms with Crippen LogP contribution in [0.4, 0.5) is 0 Å². The molecule has 1 unspecified atom stereocenters. The molecule has 0 bridgehead atoms. The molecule has 1 amide bonds. The maximum Gasteiger partial charge on any atom is 0.255 e. The van der Waals surface area contributed by atoms with Gasteiger partial charge in [0.2, 0.25) is 0 Å². The number of benzene rings is 1. The molecule has 3 heterocycles. The fourth-order valence-electron chi connectivity index (χ4n) is 4.07. The van der Waals surface area contributed by atoms with Gasteiger partial charge < -0.3 is 4.90 Å². The van der Waals surface area contributed by atoms with Crippen molar-refractivity contribution in [2.24, 2.45) is 5.92 Å². The molecule has 30 heavy (non-hydrogen) atoms. The zero-order valence-electron chi connectivity index (χ0n) is 17.3. The minimum Gasteiger partial charge on any atom is -0.333 e. The number of nitrogens with zero attached hydrogens (tertiary/aromatic N) is 5. The number of halogens is 1. The van der Waals surface area contributed by atoms with Gasteiger partial charge in [0.05, 0.1) is 5.56 Å². The summed E-state index contributed by atoms with van der Waals surface area (Å²) < 4.78 is 0. The van der Waals surface area contributed by atoms with E-state index in [-0.39, 0.29) is 11.9 Å². The number of carbonyl (C=O) groups excluding carboxylic acids is 1. The number of hydrogen-bond acceptors (Lipinski definition) is 5. The summed E-state index contributed by atoms with van der Waals surface area (Å²) in [5.74, 6) is 0.522. The van der Waals surface area contributed by atoms with Gasteiger partial charge >= 0.3 is 0 Å². The second kappa shape index (κ2) is 9.06. The molecule has 4 rings (SSSR count). The lowest BCUT2D eigenvalue weighted by Crippen LogP contribution is -2.55. The van der Waals surface area contributed by atoms with E-state index in [1.165, 1.54) is 5.56 Å². The standard InChI is InChI=1S/C23H26ClN5O/c1-16(2)11-20-15-28(14-17-3-5-19(24)6-4-17)9-10-29(20)23(30)18-12-21-22(27-13-18)26-8-7-25-21/h3-8,12-13,16,20H,9-11,14-15H2,1-2H3. The normalized spacial score (nSPS) is 17.6. The molecule has 1 saturated heterocycles. The van der Waals surface area contributed by atoms with Crippen molar-refractivity contribution < 1.29 is 4.79 Å². The Bertz CT molecular complexity index is 1020. The van der Waals surface area contributed by atoms with Gasteiger partial charge in [0.15, 0.2) is 5.65 Å². The zero-order chi connectivity index (χ0) is 21.1. The summed E-state index contributed by atoms with van der Waals surface area (Å²) in [7, 11) is 0. The number of rotatable bonds is 5. The Morgan fingerprint density at radius 3 is 2.67 bits per heavy atom. The Balaban J connectivity index is 1.51. The monoisotopic (exact) mass is 423 g/mol. The van der Waals surface area contributed by atoms with E-state index >= 15 is 0 Å². The fourth-order valence-corrected chi connectivity index (χ4v) is 4.19. The van der Waals surface area contributed by atoms with Crippen LogP contribution in [0.3, 0.4) is 0 Å². The Morgan fingerprint density at radius 1 is 1.13 bits per heavy atom. The number of amides is 1. The molecule has 0 radical (unpaired) electrons. The molecule has 0 N–H and O–H groups in total. The largest absolute Gasteiger partial charge is 0.333 e. The van der Waals surface area contributed by atoms with Crippen LogP contribution in [0.1, 0.15) is 36.2 Å². The summed E-state index contributed by atoms with van der Waals surface area (Å²) in [5.41, 5.74) is 3.01. The van der Waals surface area contributed by atoms with Crippen molar-refractivity contribution in [1.29, 1.82) is 0 Å². The molecule has 1 fully saturated rings. The third-order valence-electron chi connectivity index (χ3n) is 5.46. The first-order valence-corrected chi connectivity index (χ1v) is 10.7. The van der Waals surface area contributed by atoms with Crippen LogP contribution in [0.15, 0.2) is 48.9 Å². The van der Waals surface area contributed by atoms with Gasteiger partial charge in [-0.3, -0.25) is 14.7 Å². The van der Waals surface area contributed by atoms with Crippen molar-refractivity contribution >= 4 is 28.7 Å². The Hall–Kier alpha value is -2.57. The average molecular weight is 424 g/mol. The first-order chi connectivity index (χ1) is 14.5. The third kappa shape index (κ3) is 4.77. The number of pyridine rings is 1. The van der Waals surface area contributed by atoms with Gasteiger partial charge in [0, 0.05) is 55.8 Å². The summed E-state index contributed by atoms with van der Waals surface area (Å²) >= 11 is 6.01. The van der Waals surface area contributed by atoms with E-state index in [9.17, 15) is 4.79 Å². The highest BCUT2D eigenvalue weighted by Crippen LogP contribution is 2.22. The molecule has 1 aliphatic heterocycles. The zero-order valence-corrected chi connectivity index (χ0v) is 18.1. The highest BCUT2D eigenvalue weighted by molar-refractivity contribution is 6.30. The molecule has 0 saturated carbocycles. The van der Waals surface area contributed by atoms with E-state index < -0.39 is 0 Å². The van der Waals surface area contributed by atoms with Crippen molar-refractivity contribution in [2.75, 3.05) is 19.6 Å². The van der Waals surface area contributed by atoms with Crippen molar-refractivity contribution in [3.05, 3.63) is 65.1 Å². The van der Waals surface area contributed by atoms with Crippen molar-refractivity contribution in [3.8, 4) is 0 Å². The first-order valence-electron chi connectivity index (χ1n) is 10.3. The van der Waals surface area contributed by atoms with Crippen LogP contribution in [0.2, 0.25) is 5.02 Å². The molecule has 1 aromatic carbocycles. The van der Waals surface area contributed by atoms with Crippen LogP contribution in [-0.2, 0) is 6.54 Å². The van der Waals surface area contributed by atoms with E-state index in [1.54, 1.807) is 24.7 Å². The number of carbonyl (C=O) groups is 1. The lowest BCUT2D eigenvalue weighted by atomic mass is 9.98. The minimum absolute atomic E-state index is 0.0202. The van der Waals surface area contributed by atoms with Gasteiger partial charge in [-0.2, -0.15) is 0 Å². The van der Waals surface area contributed by atoms with Gasteiger partial charge in [0.25, 0.3) is 5.91 Å². The highest BCUT2D eigenvalue weighted by atomic mass is 35.5. The van der Waals surface area contributed by atoms with E-state index in [1.807, 2.05) is 17.0 Å². The Morgan fingerprint density at radius 2 is 1.90 bits per heavy atom. The van der Waals surface area contributed by atoms with Gasteiger partial charge in [-0.25, -0.2) is 9.97 Å². The van der Waals surface area contributed by atoms with E-state index in [2.05, 4.69) is 45.8 Å². The predicted molar refractivity (Wildman–Crippen MR) is 118 cm³/mol. The molecule has 1 aliphatic rings. The molecule has 6 nitrogen and oxygen atoms in total. The average Bonchev–Trinajstić information content (AvgIpc) is 2.74. The third-order valence-corrected chi connectivity index (χ3v) is 5.71. The lowest BCUT2D eigenvalue weighted by molar-refractivity contribution is 0.0392. The molecule has 0 spiro atoms. The Labute approximate surface area is 181 Å². The summed E-state index contributed by atoms with van der Waals surface area (Å²) in [6.45, 7) is 7.66. The summed E-state index contributed by atoms with van der Waals surface area (Å²) in [5, 5.41) is 0.750. The maximum atomic E-state index is 13.3. The highest BCUT2D eigenvalue weighted by Gasteiger charge is 2.31. The molecule has 2 aromatic heterocycles. The second-order valence-corrected chi connectivity index (χ2v) is 8.70. The fraction of sp³-hybridized carbons (Fsp3) is 0.391. The quantitative estimate of drug-likeness (QED) is 0.619. The molecule has 7 heteroatoms. The smallest absolute Gasteiger partial charge is 0.255 e. The van der Waals surface area contributed by atoms with Crippen LogP contribution in [0.5, 0.6) is 0 Å². The van der Waals surface area contributed by atoms with E-state index in [4.69, 9.17) is 11.6 Å². The minimum atomic E-state index is 0.0202. The number of aromatic nitrogens is 3. The SMILES string of the molecule is CC(C)CC1CN(Cc2ccc(Cl)cc2)CCN1C(=O)c1cnc2nccnc2c1. The van der Waals surface area contributed by atoms with Crippen molar-refractivity contribution in [3.63, 3.8) is 0 Å². The van der Waals surface area contributed by atoms with Crippen LogP contribution >= 0.6 is 11.6 Å². The first kappa shape index (κ1) is 20.7. The Kier molecular flexibility index (Phi) is 6.25. The van der Waals surface area contributed by atoms with Gasteiger partial charge in [-0.1, -0.05) is 37.6 Å². The van der Waals surface area contributed by atoms with Gasteiger partial charge in [-0.05, 0) is 36.1 Å². The topological polar surface area (TPSA) is 62.2 Å². The summed E-state index contributed by atoms with van der Waals surface area (Å²) in [4.78, 5) is 30.6. The number of fused-ring (bicyclic) bond motifs is 1. The van der Waals surface area contributed by atoms with Gasteiger partial charge in [-0.15, -0.1) is 0 Å². The number of hydrogen-bond donors (Lipinski definition) is 0. The van der Waals surface area contributed by atoms with E-state index in [0.29, 0.717) is 29.2 Å². The van der Waals surface area contributed by atoms with Crippen LogP contribution in [-0.4, -0.2) is 56.3 Å². The van der Waals surface area contributed by atoms with Gasteiger partial charge in [0.1, 0.15) is 5.52 Å². The van der Waals surface area contributed by atoms with Crippen LogP contribution in [0, 0.1) is 5.92 Å². The lowest BCUT2D eigenvalue weighted by Gasteiger charge is -2.42. The molecular weight excluding hydrogens is 398 g/mol. The predicted octanol–water partition coefficient (Wildman–Crippen LogP) is 4.05. The van der Waals surface area contributed by atoms with Crippen LogP contribution in [0.25, 0.3) is 11.2 Å². The van der Waals surface area contributed by atoms with Crippen molar-refractivity contribution in [1.82, 2.24) is 24.8 Å². The summed E-state index contributed by atoms with van der Waals surface area (Å²) in [6, 6.07) is 9.95. The molecular formula is C23H26ClN5O. The molecule has 0 aliphatic carbocycles.